The number of nitrogens with one attached hydrogen (secondary N) is 1. The van der Waals surface area contributed by atoms with Gasteiger partial charge in [0.2, 0.25) is 0 Å². The van der Waals surface area contributed by atoms with Gasteiger partial charge in [0.25, 0.3) is 0 Å². The van der Waals surface area contributed by atoms with Crippen LogP contribution in [0.4, 0.5) is 0 Å². The number of hydrogen-bond donors (Lipinski definition) is 2. The van der Waals surface area contributed by atoms with Gasteiger partial charge >= 0.3 is 0 Å². The SMILES string of the molecule is CC(C)CC(Cc1ccccn1)NN. The zero-order valence-electron chi connectivity index (χ0n) is 8.90. The fraction of sp³-hybridized carbons (Fsp3) is 0.545. The van der Waals surface area contributed by atoms with Crippen molar-refractivity contribution in [3.05, 3.63) is 30.1 Å². The Kier molecular flexibility index (Phi) is 4.56. The van der Waals surface area contributed by atoms with E-state index in [2.05, 4.69) is 24.3 Å². The maximum absolute atomic E-state index is 5.49. The predicted octanol–water partition coefficient (Wildman–Crippen LogP) is 1.50. The Bertz CT molecular complexity index is 246. The average molecular weight is 193 g/mol. The van der Waals surface area contributed by atoms with Gasteiger partial charge in [-0.05, 0) is 24.5 Å². The summed E-state index contributed by atoms with van der Waals surface area (Å²) in [5, 5.41) is 0. The van der Waals surface area contributed by atoms with Crippen LogP contribution in [0, 0.1) is 5.92 Å². The lowest BCUT2D eigenvalue weighted by atomic mass is 10.0. The van der Waals surface area contributed by atoms with Crippen molar-refractivity contribution in [2.75, 3.05) is 0 Å². The monoisotopic (exact) mass is 193 g/mol. The number of pyridine rings is 1. The summed E-state index contributed by atoms with van der Waals surface area (Å²) in [5.74, 6) is 6.14. The maximum Gasteiger partial charge on any atom is 0.0419 e. The summed E-state index contributed by atoms with van der Waals surface area (Å²) in [5.41, 5.74) is 3.94. The smallest absolute Gasteiger partial charge is 0.0419 e. The lowest BCUT2D eigenvalue weighted by Crippen LogP contribution is -2.37. The number of rotatable bonds is 5. The quantitative estimate of drug-likeness (QED) is 0.550. The third-order valence-corrected chi connectivity index (χ3v) is 2.17. The molecule has 0 bridgehead atoms. The summed E-state index contributed by atoms with van der Waals surface area (Å²) < 4.78 is 0. The highest BCUT2D eigenvalue weighted by molar-refractivity contribution is 5.05. The lowest BCUT2D eigenvalue weighted by Gasteiger charge is -2.17. The van der Waals surface area contributed by atoms with Crippen LogP contribution in [-0.2, 0) is 6.42 Å². The highest BCUT2D eigenvalue weighted by Crippen LogP contribution is 2.08. The van der Waals surface area contributed by atoms with E-state index in [0.29, 0.717) is 12.0 Å². The zero-order valence-corrected chi connectivity index (χ0v) is 8.90. The normalized spacial score (nSPS) is 13.1. The minimum absolute atomic E-state index is 0.324. The molecule has 1 atom stereocenters. The minimum atomic E-state index is 0.324. The molecule has 0 aliphatic carbocycles. The Hall–Kier alpha value is -0.930. The third-order valence-electron chi connectivity index (χ3n) is 2.17. The van der Waals surface area contributed by atoms with Gasteiger partial charge in [-0.1, -0.05) is 19.9 Å². The summed E-state index contributed by atoms with van der Waals surface area (Å²) in [7, 11) is 0. The molecule has 3 heteroatoms. The Labute approximate surface area is 85.7 Å². The molecular weight excluding hydrogens is 174 g/mol. The van der Waals surface area contributed by atoms with Crippen molar-refractivity contribution in [2.24, 2.45) is 11.8 Å². The van der Waals surface area contributed by atoms with E-state index in [9.17, 15) is 0 Å². The Morgan fingerprint density at radius 3 is 2.71 bits per heavy atom. The van der Waals surface area contributed by atoms with Gasteiger partial charge in [-0.2, -0.15) is 0 Å². The molecule has 0 aliphatic rings. The van der Waals surface area contributed by atoms with Gasteiger partial charge in [-0.15, -0.1) is 0 Å². The van der Waals surface area contributed by atoms with Gasteiger partial charge in [0.15, 0.2) is 0 Å². The first-order valence-electron chi connectivity index (χ1n) is 5.08. The molecule has 1 rings (SSSR count). The largest absolute Gasteiger partial charge is 0.271 e. The van der Waals surface area contributed by atoms with Gasteiger partial charge in [0.1, 0.15) is 0 Å². The first-order chi connectivity index (χ1) is 6.72. The van der Waals surface area contributed by atoms with E-state index in [4.69, 9.17) is 5.84 Å². The fourth-order valence-electron chi connectivity index (χ4n) is 1.55. The summed E-state index contributed by atoms with van der Waals surface area (Å²) >= 11 is 0. The van der Waals surface area contributed by atoms with E-state index in [1.807, 2.05) is 24.4 Å². The van der Waals surface area contributed by atoms with Crippen LogP contribution >= 0.6 is 0 Å². The summed E-state index contributed by atoms with van der Waals surface area (Å²) in [6, 6.07) is 6.29. The molecule has 0 saturated carbocycles. The van der Waals surface area contributed by atoms with Crippen molar-refractivity contribution in [2.45, 2.75) is 32.7 Å². The van der Waals surface area contributed by atoms with E-state index < -0.39 is 0 Å². The molecule has 14 heavy (non-hydrogen) atoms. The number of hydrogen-bond acceptors (Lipinski definition) is 3. The van der Waals surface area contributed by atoms with Crippen LogP contribution in [0.5, 0.6) is 0 Å². The molecule has 1 heterocycles. The Balaban J connectivity index is 2.48. The summed E-state index contributed by atoms with van der Waals surface area (Å²) in [4.78, 5) is 4.28. The highest BCUT2D eigenvalue weighted by Gasteiger charge is 2.09. The molecule has 0 aliphatic heterocycles. The average Bonchev–Trinajstić information content (AvgIpc) is 2.17. The molecule has 3 nitrogen and oxygen atoms in total. The van der Waals surface area contributed by atoms with Gasteiger partial charge in [-0.25, -0.2) is 0 Å². The van der Waals surface area contributed by atoms with Crippen LogP contribution in [0.1, 0.15) is 26.0 Å². The van der Waals surface area contributed by atoms with E-state index in [1.165, 1.54) is 0 Å². The van der Waals surface area contributed by atoms with Crippen LogP contribution in [0.3, 0.4) is 0 Å². The topological polar surface area (TPSA) is 50.9 Å². The van der Waals surface area contributed by atoms with Crippen molar-refractivity contribution in [1.29, 1.82) is 0 Å². The second-order valence-electron chi connectivity index (χ2n) is 4.02. The summed E-state index contributed by atoms with van der Waals surface area (Å²) in [6.07, 6.45) is 3.79. The molecule has 1 aromatic heterocycles. The molecule has 0 amide bonds. The van der Waals surface area contributed by atoms with Gasteiger partial charge in [0, 0.05) is 24.4 Å². The Morgan fingerprint density at radius 2 is 2.21 bits per heavy atom. The number of aromatic nitrogens is 1. The molecule has 0 radical (unpaired) electrons. The van der Waals surface area contributed by atoms with Crippen LogP contribution in [0.15, 0.2) is 24.4 Å². The number of hydrazine groups is 1. The zero-order chi connectivity index (χ0) is 10.4. The summed E-state index contributed by atoms with van der Waals surface area (Å²) in [6.45, 7) is 4.39. The van der Waals surface area contributed by atoms with Crippen LogP contribution in [0.25, 0.3) is 0 Å². The molecular formula is C11H19N3. The molecule has 0 aromatic carbocycles. The predicted molar refractivity (Wildman–Crippen MR) is 58.5 cm³/mol. The minimum Gasteiger partial charge on any atom is -0.271 e. The molecule has 3 N–H and O–H groups in total. The maximum atomic E-state index is 5.49. The van der Waals surface area contributed by atoms with Crippen molar-refractivity contribution in [3.63, 3.8) is 0 Å². The third kappa shape index (κ3) is 3.85. The molecule has 1 unspecified atom stereocenters. The van der Waals surface area contributed by atoms with Crippen molar-refractivity contribution in [1.82, 2.24) is 10.4 Å². The molecule has 0 fully saturated rings. The standard InChI is InChI=1S/C11H19N3/c1-9(2)7-11(14-12)8-10-5-3-4-6-13-10/h3-6,9,11,14H,7-8,12H2,1-2H3. The van der Waals surface area contributed by atoms with Crippen molar-refractivity contribution in [3.8, 4) is 0 Å². The molecule has 1 aromatic rings. The van der Waals surface area contributed by atoms with Gasteiger partial charge in [-0.3, -0.25) is 16.3 Å². The van der Waals surface area contributed by atoms with Crippen LogP contribution in [-0.4, -0.2) is 11.0 Å². The van der Waals surface area contributed by atoms with Crippen molar-refractivity contribution >= 4 is 0 Å². The second kappa shape index (κ2) is 5.73. The second-order valence-corrected chi connectivity index (χ2v) is 4.02. The lowest BCUT2D eigenvalue weighted by molar-refractivity contribution is 0.420. The van der Waals surface area contributed by atoms with E-state index >= 15 is 0 Å². The van der Waals surface area contributed by atoms with Crippen LogP contribution < -0.4 is 11.3 Å². The molecule has 0 spiro atoms. The highest BCUT2D eigenvalue weighted by atomic mass is 15.2. The van der Waals surface area contributed by atoms with E-state index in [0.717, 1.165) is 18.5 Å². The molecule has 0 saturated heterocycles. The first kappa shape index (κ1) is 11.1. The number of nitrogens with zero attached hydrogens (tertiary/aromatic N) is 1. The number of nitrogens with two attached hydrogens (primary N) is 1. The Morgan fingerprint density at radius 1 is 1.43 bits per heavy atom. The molecule has 78 valence electrons. The first-order valence-corrected chi connectivity index (χ1v) is 5.08. The fourth-order valence-corrected chi connectivity index (χ4v) is 1.55. The van der Waals surface area contributed by atoms with Gasteiger partial charge < -0.3 is 0 Å². The van der Waals surface area contributed by atoms with E-state index in [-0.39, 0.29) is 0 Å². The van der Waals surface area contributed by atoms with Crippen molar-refractivity contribution < 1.29 is 0 Å². The van der Waals surface area contributed by atoms with E-state index in [1.54, 1.807) is 0 Å². The van der Waals surface area contributed by atoms with Gasteiger partial charge in [0.05, 0.1) is 0 Å². The van der Waals surface area contributed by atoms with Crippen LogP contribution in [0.2, 0.25) is 0 Å².